The Bertz CT molecular complexity index is 293. The van der Waals surface area contributed by atoms with Crippen LogP contribution < -0.4 is 0 Å². The molecule has 2 atom stereocenters. The summed E-state index contributed by atoms with van der Waals surface area (Å²) in [5.74, 6) is 0. The van der Waals surface area contributed by atoms with Gasteiger partial charge < -0.3 is 0 Å². The van der Waals surface area contributed by atoms with Gasteiger partial charge in [-0.05, 0) is 0 Å². The topological polar surface area (TPSA) is 49.8 Å². The minimum absolute atomic E-state index is 0. The van der Waals surface area contributed by atoms with Crippen molar-refractivity contribution >= 4 is 87.4 Å². The van der Waals surface area contributed by atoms with E-state index in [1.165, 1.54) is 14.1 Å². The van der Waals surface area contributed by atoms with Gasteiger partial charge in [-0.2, -0.15) is 19.6 Å². The normalized spacial score (nSPS) is 38.8. The van der Waals surface area contributed by atoms with Crippen LogP contribution in [0.3, 0.4) is 0 Å². The first-order chi connectivity index (χ1) is 8.88. The lowest BCUT2D eigenvalue weighted by atomic mass is 9.97. The molecule has 1 N–H and O–H groups in total. The van der Waals surface area contributed by atoms with Crippen LogP contribution in [0, 0.1) is 0 Å². The number of halogens is 7. The highest BCUT2D eigenvalue weighted by atomic mass is 35.5. The number of hydroxylamine groups is 2. The van der Waals surface area contributed by atoms with Crippen molar-refractivity contribution in [2.75, 3.05) is 14.1 Å². The molecule has 0 bridgehead atoms. The van der Waals surface area contributed by atoms with Gasteiger partial charge in [0, 0.05) is 14.1 Å². The maximum Gasteiger partial charge on any atom is 0.527 e. The van der Waals surface area contributed by atoms with Gasteiger partial charge in [0.2, 0.25) is 0 Å². The average Bonchev–Trinajstić information content (AvgIpc) is 2.29. The third kappa shape index (κ3) is 9.31. The summed E-state index contributed by atoms with van der Waals surface area (Å²) in [5.41, 5.74) is 0. The highest BCUT2D eigenvalue weighted by Gasteiger charge is 2.46. The minimum Gasteiger partial charge on any atom is -0.298 e. The highest BCUT2D eigenvalue weighted by Crippen LogP contribution is 2.43. The van der Waals surface area contributed by atoms with Crippen molar-refractivity contribution in [3.05, 3.63) is 0 Å². The van der Waals surface area contributed by atoms with Crippen LogP contribution in [0.15, 0.2) is 0 Å². The monoisotopic (exact) mass is 465 g/mol. The molecule has 130 valence electrons. The van der Waals surface area contributed by atoms with E-state index >= 15 is 0 Å². The molecule has 0 radical (unpaired) electrons. The average molecular weight is 468 g/mol. The summed E-state index contributed by atoms with van der Waals surface area (Å²) < 4.78 is 24.9. The Balaban J connectivity index is 0. The number of hydrogen-bond donors (Lipinski definition) is 1. The fraction of sp³-hybridized carbons (Fsp3) is 1.00. The predicted molar refractivity (Wildman–Crippen MR) is 94.7 cm³/mol. The summed E-state index contributed by atoms with van der Waals surface area (Å²) >= 11 is 35.3. The van der Waals surface area contributed by atoms with Crippen molar-refractivity contribution in [3.8, 4) is 0 Å². The zero-order valence-electron chi connectivity index (χ0n) is 11.0. The predicted octanol–water partition coefficient (Wildman–Crippen LogP) is 4.25. The Morgan fingerprint density at radius 3 is 1.14 bits per heavy atom. The van der Waals surface area contributed by atoms with Gasteiger partial charge in [-0.1, -0.05) is 0 Å². The molecule has 0 saturated heterocycles. The maximum absolute atomic E-state index is 11.5. The Labute approximate surface area is 156 Å². The van der Waals surface area contributed by atoms with E-state index in [9.17, 15) is 8.76 Å². The zero-order valence-corrected chi connectivity index (χ0v) is 17.8. The van der Waals surface area contributed by atoms with Crippen LogP contribution in [0.25, 0.3) is 0 Å². The smallest absolute Gasteiger partial charge is 0.298 e. The van der Waals surface area contributed by atoms with Gasteiger partial charge in [0.15, 0.2) is 0 Å². The van der Waals surface area contributed by atoms with E-state index in [0.29, 0.717) is 0 Å². The zero-order chi connectivity index (χ0) is 16.2. The Morgan fingerprint density at radius 1 is 0.905 bits per heavy atom. The SMILES string of the molecule is CN(C)OP(=O)(O)F.Cl[C@H]1[C@H](Cl)[C@@H](Cl)[C@@H](Cl)[C@H](Cl)[C@H]1Cl.P. The molecule has 0 heterocycles. The van der Waals surface area contributed by atoms with Crippen LogP contribution in [0.5, 0.6) is 0 Å². The second kappa shape index (κ2) is 10.9. The highest BCUT2D eigenvalue weighted by molar-refractivity contribution is 7.46. The van der Waals surface area contributed by atoms with E-state index in [0.717, 1.165) is 5.06 Å². The standard InChI is InChI=1S/C6H6Cl6.C2H7FNO3P.H3P/c7-1-2(8)4(10)6(12)5(11)3(1)9;1-4(2)7-8(3,5)6;/h1-6H;1-2H3,(H,5,6);1H3/t1-,2-,3-,4+,5+,6+;;. The van der Waals surface area contributed by atoms with Crippen molar-refractivity contribution in [3.63, 3.8) is 0 Å². The molecule has 21 heavy (non-hydrogen) atoms. The second-order valence-electron chi connectivity index (χ2n) is 4.01. The van der Waals surface area contributed by atoms with Crippen LogP contribution >= 0.6 is 87.4 Å². The summed E-state index contributed by atoms with van der Waals surface area (Å²) in [6.45, 7) is 0. The van der Waals surface area contributed by atoms with Crippen molar-refractivity contribution in [2.24, 2.45) is 0 Å². The first kappa shape index (κ1) is 25.5. The molecular weight excluding hydrogens is 452 g/mol. The molecule has 0 spiro atoms. The third-order valence-electron chi connectivity index (χ3n) is 2.09. The summed E-state index contributed by atoms with van der Waals surface area (Å²) in [6.07, 6.45) is 0. The van der Waals surface area contributed by atoms with Crippen molar-refractivity contribution in [1.82, 2.24) is 5.06 Å². The molecule has 13 heteroatoms. The largest absolute Gasteiger partial charge is 0.527 e. The molecule has 1 rings (SSSR count). The molecule has 0 aromatic rings. The Hall–Kier alpha value is 2.21. The van der Waals surface area contributed by atoms with E-state index in [4.69, 9.17) is 74.5 Å². The molecule has 1 aliphatic carbocycles. The van der Waals surface area contributed by atoms with E-state index in [1.54, 1.807) is 0 Å². The molecule has 1 fully saturated rings. The van der Waals surface area contributed by atoms with Crippen LogP contribution in [0.1, 0.15) is 0 Å². The molecule has 1 aliphatic rings. The summed E-state index contributed by atoms with van der Waals surface area (Å²) in [6, 6.07) is 0. The van der Waals surface area contributed by atoms with Crippen LogP contribution in [0.4, 0.5) is 4.20 Å². The second-order valence-corrected chi connectivity index (χ2v) is 8.10. The molecule has 0 amide bonds. The molecule has 0 aliphatic heterocycles. The van der Waals surface area contributed by atoms with Crippen LogP contribution in [-0.2, 0) is 9.19 Å². The van der Waals surface area contributed by atoms with Gasteiger partial charge in [0.05, 0.1) is 32.3 Å². The van der Waals surface area contributed by atoms with Gasteiger partial charge in [-0.15, -0.1) is 73.8 Å². The van der Waals surface area contributed by atoms with Crippen LogP contribution in [-0.4, -0.2) is 56.3 Å². The molecule has 0 aromatic carbocycles. The number of hydrogen-bond acceptors (Lipinski definition) is 3. The molecule has 0 aromatic heterocycles. The van der Waals surface area contributed by atoms with Crippen molar-refractivity contribution < 1.29 is 18.3 Å². The number of nitrogens with zero attached hydrogens (tertiary/aromatic N) is 1. The fourth-order valence-corrected chi connectivity index (χ4v) is 3.99. The molecule has 4 nitrogen and oxygen atoms in total. The molecular formula is C8H16Cl6FNO3P2. The maximum atomic E-state index is 11.5. The summed E-state index contributed by atoms with van der Waals surface area (Å²) in [5, 5.41) is -1.80. The quantitative estimate of drug-likeness (QED) is 0.375. The van der Waals surface area contributed by atoms with E-state index in [2.05, 4.69) is 4.62 Å². The number of rotatable bonds is 2. The van der Waals surface area contributed by atoms with Gasteiger partial charge >= 0.3 is 7.91 Å². The lowest BCUT2D eigenvalue weighted by Gasteiger charge is -2.37. The molecule has 2 unspecified atom stereocenters. The first-order valence-corrected chi connectivity index (χ1v) is 9.21. The van der Waals surface area contributed by atoms with Gasteiger partial charge in [-0.25, -0.2) is 4.57 Å². The van der Waals surface area contributed by atoms with E-state index in [-0.39, 0.29) is 9.90 Å². The first-order valence-electron chi connectivity index (χ1n) is 5.12. The molecule has 1 saturated carbocycles. The Kier molecular flexibility index (Phi) is 13.3. The lowest BCUT2D eigenvalue weighted by Crippen LogP contribution is -2.52. The Morgan fingerprint density at radius 2 is 1.10 bits per heavy atom. The van der Waals surface area contributed by atoms with Gasteiger partial charge in [0.1, 0.15) is 0 Å². The minimum atomic E-state index is -4.80. The van der Waals surface area contributed by atoms with Gasteiger partial charge in [-0.3, -0.25) is 4.89 Å². The van der Waals surface area contributed by atoms with Crippen LogP contribution in [0.2, 0.25) is 0 Å². The summed E-state index contributed by atoms with van der Waals surface area (Å²) in [4.78, 5) is 7.81. The van der Waals surface area contributed by atoms with E-state index < -0.39 is 40.2 Å². The fourth-order valence-electron chi connectivity index (χ4n) is 1.26. The third-order valence-corrected chi connectivity index (χ3v) is 6.65. The van der Waals surface area contributed by atoms with Gasteiger partial charge in [0.25, 0.3) is 0 Å². The van der Waals surface area contributed by atoms with E-state index in [1.807, 2.05) is 0 Å². The summed E-state index contributed by atoms with van der Waals surface area (Å²) in [7, 11) is -2.18. The number of alkyl halides is 6. The van der Waals surface area contributed by atoms with Crippen molar-refractivity contribution in [2.45, 2.75) is 32.3 Å². The van der Waals surface area contributed by atoms with Crippen molar-refractivity contribution in [1.29, 1.82) is 0 Å². The lowest BCUT2D eigenvalue weighted by molar-refractivity contribution is -0.0251.